The molecule has 0 saturated heterocycles. The molecule has 0 fully saturated rings. The number of benzene rings is 2. The Bertz CT molecular complexity index is 921. The SMILES string of the molecule is COc1cc(/C=C/C(=O)O[C@@H](C)C(=O)Nc2ccc(NC(C)=O)cc2)ccc1O. The number of ether oxygens (including phenoxy) is 2. The second-order valence-electron chi connectivity index (χ2n) is 6.09. The van der Waals surface area contributed by atoms with E-state index >= 15 is 0 Å². The van der Waals surface area contributed by atoms with E-state index in [1.807, 2.05) is 0 Å². The van der Waals surface area contributed by atoms with E-state index in [2.05, 4.69) is 10.6 Å². The van der Waals surface area contributed by atoms with Crippen molar-refractivity contribution in [3.63, 3.8) is 0 Å². The molecule has 8 nitrogen and oxygen atoms in total. The predicted octanol–water partition coefficient (Wildman–Crippen LogP) is 2.94. The summed E-state index contributed by atoms with van der Waals surface area (Å²) >= 11 is 0. The van der Waals surface area contributed by atoms with Crippen molar-refractivity contribution in [2.45, 2.75) is 20.0 Å². The van der Waals surface area contributed by atoms with Gasteiger partial charge < -0.3 is 25.2 Å². The fourth-order valence-corrected chi connectivity index (χ4v) is 2.31. The number of phenolic OH excluding ortho intramolecular Hbond substituents is 1. The van der Waals surface area contributed by atoms with Gasteiger partial charge in [0.05, 0.1) is 7.11 Å². The van der Waals surface area contributed by atoms with E-state index in [9.17, 15) is 19.5 Å². The van der Waals surface area contributed by atoms with Gasteiger partial charge in [-0.05, 0) is 55.0 Å². The molecule has 0 aliphatic rings. The van der Waals surface area contributed by atoms with Gasteiger partial charge in [0, 0.05) is 24.4 Å². The molecule has 2 aromatic carbocycles. The Labute approximate surface area is 168 Å². The number of rotatable bonds is 7. The second kappa shape index (κ2) is 9.93. The van der Waals surface area contributed by atoms with Crippen LogP contribution in [-0.4, -0.2) is 36.1 Å². The third kappa shape index (κ3) is 6.69. The van der Waals surface area contributed by atoms with Crippen molar-refractivity contribution >= 4 is 35.2 Å². The zero-order chi connectivity index (χ0) is 21.4. The molecule has 0 saturated carbocycles. The van der Waals surface area contributed by atoms with E-state index in [1.54, 1.807) is 36.4 Å². The molecule has 0 radical (unpaired) electrons. The molecule has 0 heterocycles. The molecule has 2 amide bonds. The maximum absolute atomic E-state index is 12.2. The van der Waals surface area contributed by atoms with Crippen LogP contribution in [0.2, 0.25) is 0 Å². The third-order valence-electron chi connectivity index (χ3n) is 3.75. The molecule has 0 spiro atoms. The van der Waals surface area contributed by atoms with Crippen LogP contribution in [0, 0.1) is 0 Å². The molecular weight excluding hydrogens is 376 g/mol. The summed E-state index contributed by atoms with van der Waals surface area (Å²) in [6.45, 7) is 2.86. The monoisotopic (exact) mass is 398 g/mol. The van der Waals surface area contributed by atoms with Crippen LogP contribution >= 0.6 is 0 Å². The highest BCUT2D eigenvalue weighted by atomic mass is 16.5. The van der Waals surface area contributed by atoms with Gasteiger partial charge >= 0.3 is 5.97 Å². The lowest BCUT2D eigenvalue weighted by atomic mass is 10.2. The topological polar surface area (TPSA) is 114 Å². The van der Waals surface area contributed by atoms with Gasteiger partial charge in [-0.15, -0.1) is 0 Å². The van der Waals surface area contributed by atoms with Crippen molar-refractivity contribution in [1.82, 2.24) is 0 Å². The van der Waals surface area contributed by atoms with Crippen LogP contribution in [0.15, 0.2) is 48.5 Å². The first-order valence-corrected chi connectivity index (χ1v) is 8.72. The van der Waals surface area contributed by atoms with E-state index in [-0.39, 0.29) is 17.4 Å². The van der Waals surface area contributed by atoms with Crippen LogP contribution < -0.4 is 15.4 Å². The van der Waals surface area contributed by atoms with Crippen molar-refractivity contribution < 1.29 is 29.0 Å². The molecule has 3 N–H and O–H groups in total. The fraction of sp³-hybridized carbons (Fsp3) is 0.190. The predicted molar refractivity (Wildman–Crippen MR) is 109 cm³/mol. The molecule has 2 aromatic rings. The molecule has 8 heteroatoms. The van der Waals surface area contributed by atoms with Gasteiger partial charge in [-0.25, -0.2) is 4.79 Å². The maximum atomic E-state index is 12.2. The van der Waals surface area contributed by atoms with E-state index in [1.165, 1.54) is 39.2 Å². The maximum Gasteiger partial charge on any atom is 0.331 e. The lowest BCUT2D eigenvalue weighted by Gasteiger charge is -2.13. The summed E-state index contributed by atoms with van der Waals surface area (Å²) in [7, 11) is 1.42. The Morgan fingerprint density at radius 2 is 1.66 bits per heavy atom. The number of hydrogen-bond donors (Lipinski definition) is 3. The molecule has 1 atom stereocenters. The van der Waals surface area contributed by atoms with E-state index < -0.39 is 18.0 Å². The largest absolute Gasteiger partial charge is 0.504 e. The number of carbonyl (C=O) groups is 3. The summed E-state index contributed by atoms with van der Waals surface area (Å²) < 4.78 is 10.1. The lowest BCUT2D eigenvalue weighted by Crippen LogP contribution is -2.29. The minimum atomic E-state index is -1.02. The van der Waals surface area contributed by atoms with Crippen LogP contribution in [0.5, 0.6) is 11.5 Å². The van der Waals surface area contributed by atoms with Crippen LogP contribution in [0.25, 0.3) is 6.08 Å². The van der Waals surface area contributed by atoms with E-state index in [0.717, 1.165) is 0 Å². The van der Waals surface area contributed by atoms with Gasteiger partial charge in [-0.1, -0.05) is 6.07 Å². The van der Waals surface area contributed by atoms with Gasteiger partial charge in [0.25, 0.3) is 5.91 Å². The summed E-state index contributed by atoms with van der Waals surface area (Å²) in [5.74, 6) is -1.12. The molecule has 0 aliphatic carbocycles. The third-order valence-corrected chi connectivity index (χ3v) is 3.75. The van der Waals surface area contributed by atoms with E-state index in [4.69, 9.17) is 9.47 Å². The highest BCUT2D eigenvalue weighted by molar-refractivity contribution is 5.97. The highest BCUT2D eigenvalue weighted by Gasteiger charge is 2.16. The Morgan fingerprint density at radius 3 is 2.24 bits per heavy atom. The van der Waals surface area contributed by atoms with Gasteiger partial charge in [0.15, 0.2) is 17.6 Å². The Kier molecular flexibility index (Phi) is 7.36. The highest BCUT2D eigenvalue weighted by Crippen LogP contribution is 2.26. The number of anilines is 2. The number of aromatic hydroxyl groups is 1. The van der Waals surface area contributed by atoms with E-state index in [0.29, 0.717) is 16.9 Å². The molecule has 2 rings (SSSR count). The summed E-state index contributed by atoms with van der Waals surface area (Å²) in [5.41, 5.74) is 1.72. The zero-order valence-corrected chi connectivity index (χ0v) is 16.3. The number of hydrogen-bond acceptors (Lipinski definition) is 6. The zero-order valence-electron chi connectivity index (χ0n) is 16.3. The fourth-order valence-electron chi connectivity index (χ4n) is 2.31. The van der Waals surface area contributed by atoms with Crippen molar-refractivity contribution in [3.8, 4) is 11.5 Å². The number of amides is 2. The minimum absolute atomic E-state index is 0.0115. The molecule has 0 aliphatic heterocycles. The molecule has 152 valence electrons. The molecule has 29 heavy (non-hydrogen) atoms. The van der Waals surface area contributed by atoms with Gasteiger partial charge in [-0.2, -0.15) is 0 Å². The Balaban J connectivity index is 1.89. The first-order chi connectivity index (χ1) is 13.8. The number of phenols is 1. The summed E-state index contributed by atoms with van der Waals surface area (Å²) in [4.78, 5) is 35.1. The van der Waals surface area contributed by atoms with Gasteiger partial charge in [0.2, 0.25) is 5.91 Å². The summed E-state index contributed by atoms with van der Waals surface area (Å²) in [6, 6.07) is 11.1. The summed E-state index contributed by atoms with van der Waals surface area (Å²) in [5, 5.41) is 14.8. The van der Waals surface area contributed by atoms with Gasteiger partial charge in [0.1, 0.15) is 0 Å². The van der Waals surface area contributed by atoms with Crippen LogP contribution in [-0.2, 0) is 19.1 Å². The van der Waals surface area contributed by atoms with Crippen LogP contribution in [0.1, 0.15) is 19.4 Å². The quantitative estimate of drug-likeness (QED) is 0.488. The normalized spacial score (nSPS) is 11.6. The number of esters is 1. The minimum Gasteiger partial charge on any atom is -0.504 e. The van der Waals surface area contributed by atoms with Crippen molar-refractivity contribution in [1.29, 1.82) is 0 Å². The molecule has 0 aromatic heterocycles. The second-order valence-corrected chi connectivity index (χ2v) is 6.09. The smallest absolute Gasteiger partial charge is 0.331 e. The van der Waals surface area contributed by atoms with Crippen molar-refractivity contribution in [2.24, 2.45) is 0 Å². The standard InChI is InChI=1S/C21H22N2O6/c1-13(21(27)23-17-8-6-16(7-9-17)22-14(2)24)29-20(26)11-5-15-4-10-18(25)19(12-15)28-3/h4-13,25H,1-3H3,(H,22,24)(H,23,27)/b11-5+/t13-/m0/s1. The molecule has 0 bridgehead atoms. The van der Waals surface area contributed by atoms with Crippen molar-refractivity contribution in [2.75, 3.05) is 17.7 Å². The number of nitrogens with one attached hydrogen (secondary N) is 2. The van der Waals surface area contributed by atoms with Gasteiger partial charge in [-0.3, -0.25) is 9.59 Å². The van der Waals surface area contributed by atoms with Crippen LogP contribution in [0.3, 0.4) is 0 Å². The lowest BCUT2D eigenvalue weighted by molar-refractivity contribution is -0.148. The Morgan fingerprint density at radius 1 is 1.03 bits per heavy atom. The average molecular weight is 398 g/mol. The first kappa shape index (κ1) is 21.5. The van der Waals surface area contributed by atoms with Crippen LogP contribution in [0.4, 0.5) is 11.4 Å². The summed E-state index contributed by atoms with van der Waals surface area (Å²) in [6.07, 6.45) is 1.64. The average Bonchev–Trinajstić information content (AvgIpc) is 2.68. The molecule has 0 unspecified atom stereocenters. The Hall–Kier alpha value is -3.81. The van der Waals surface area contributed by atoms with Crippen molar-refractivity contribution in [3.05, 3.63) is 54.1 Å². The first-order valence-electron chi connectivity index (χ1n) is 8.72. The number of carbonyl (C=O) groups excluding carboxylic acids is 3. The number of methoxy groups -OCH3 is 1. The molecular formula is C21H22N2O6.